The Labute approximate surface area is 141 Å². The fourth-order valence-electron chi connectivity index (χ4n) is 3.48. The normalized spacial score (nSPS) is 18.3. The van der Waals surface area contributed by atoms with Gasteiger partial charge in [-0.05, 0) is 31.9 Å². The standard InChI is InChI=1S/C19H22N4O/c1-15-12-18(24-21-15)17-8-5-10-22(17)14-19-20-9-11-23(19)13-16-6-3-2-4-7-16/h2-4,6-7,9,11-12,17H,5,8,10,13-14H2,1H3. The van der Waals surface area contributed by atoms with Crippen LogP contribution in [0.15, 0.2) is 53.3 Å². The lowest BCUT2D eigenvalue weighted by Crippen LogP contribution is -2.24. The van der Waals surface area contributed by atoms with Gasteiger partial charge in [0.1, 0.15) is 5.82 Å². The highest BCUT2D eigenvalue weighted by atomic mass is 16.5. The Morgan fingerprint density at radius 1 is 1.21 bits per heavy atom. The van der Waals surface area contributed by atoms with E-state index in [2.05, 4.69) is 56.1 Å². The van der Waals surface area contributed by atoms with Gasteiger partial charge >= 0.3 is 0 Å². The Morgan fingerprint density at radius 3 is 2.88 bits per heavy atom. The molecule has 3 heterocycles. The Hall–Kier alpha value is -2.40. The van der Waals surface area contributed by atoms with Crippen LogP contribution < -0.4 is 0 Å². The molecule has 0 radical (unpaired) electrons. The number of likely N-dealkylation sites (tertiary alicyclic amines) is 1. The van der Waals surface area contributed by atoms with Crippen molar-refractivity contribution >= 4 is 0 Å². The number of aromatic nitrogens is 3. The van der Waals surface area contributed by atoms with Crippen LogP contribution in [-0.2, 0) is 13.1 Å². The van der Waals surface area contributed by atoms with E-state index in [1.54, 1.807) is 0 Å². The summed E-state index contributed by atoms with van der Waals surface area (Å²) in [5, 5.41) is 4.04. The summed E-state index contributed by atoms with van der Waals surface area (Å²) in [6, 6.07) is 12.9. The quantitative estimate of drug-likeness (QED) is 0.720. The predicted octanol–water partition coefficient (Wildman–Crippen LogP) is 3.56. The molecule has 1 fully saturated rings. The lowest BCUT2D eigenvalue weighted by atomic mass is 10.1. The molecule has 3 aromatic rings. The van der Waals surface area contributed by atoms with Crippen molar-refractivity contribution in [2.75, 3.05) is 6.54 Å². The Bertz CT molecular complexity index is 793. The van der Waals surface area contributed by atoms with Gasteiger partial charge in [0.05, 0.1) is 18.3 Å². The molecule has 1 saturated heterocycles. The Morgan fingerprint density at radius 2 is 2.08 bits per heavy atom. The van der Waals surface area contributed by atoms with Gasteiger partial charge in [0, 0.05) is 25.0 Å². The number of imidazole rings is 1. The predicted molar refractivity (Wildman–Crippen MR) is 91.4 cm³/mol. The maximum Gasteiger partial charge on any atom is 0.154 e. The number of rotatable bonds is 5. The molecule has 0 N–H and O–H groups in total. The molecular weight excluding hydrogens is 300 g/mol. The third-order valence-electron chi connectivity index (χ3n) is 4.68. The average Bonchev–Trinajstić information content (AvgIpc) is 3.31. The molecule has 4 rings (SSSR count). The highest BCUT2D eigenvalue weighted by Gasteiger charge is 2.29. The lowest BCUT2D eigenvalue weighted by molar-refractivity contribution is 0.200. The highest BCUT2D eigenvalue weighted by molar-refractivity contribution is 5.16. The minimum Gasteiger partial charge on any atom is -0.359 e. The molecule has 0 spiro atoms. The van der Waals surface area contributed by atoms with Gasteiger partial charge in [0.25, 0.3) is 0 Å². The number of hydrogen-bond acceptors (Lipinski definition) is 4. The molecule has 124 valence electrons. The first-order chi connectivity index (χ1) is 11.8. The molecule has 1 aliphatic rings. The summed E-state index contributed by atoms with van der Waals surface area (Å²) < 4.78 is 7.74. The van der Waals surface area contributed by atoms with Crippen LogP contribution in [0.4, 0.5) is 0 Å². The first kappa shape index (κ1) is 15.1. The summed E-state index contributed by atoms with van der Waals surface area (Å²) >= 11 is 0. The van der Waals surface area contributed by atoms with Crippen LogP contribution in [0.3, 0.4) is 0 Å². The zero-order valence-electron chi connectivity index (χ0n) is 13.9. The average molecular weight is 322 g/mol. The molecule has 1 unspecified atom stereocenters. The van der Waals surface area contributed by atoms with Gasteiger partial charge in [-0.15, -0.1) is 0 Å². The second kappa shape index (κ2) is 6.61. The van der Waals surface area contributed by atoms with E-state index in [1.165, 1.54) is 12.0 Å². The molecular formula is C19H22N4O. The molecule has 0 bridgehead atoms. The van der Waals surface area contributed by atoms with Crippen molar-refractivity contribution in [3.8, 4) is 0 Å². The molecule has 1 aromatic carbocycles. The van der Waals surface area contributed by atoms with E-state index in [9.17, 15) is 0 Å². The van der Waals surface area contributed by atoms with Gasteiger partial charge in [-0.1, -0.05) is 35.5 Å². The Balaban J connectivity index is 1.50. The van der Waals surface area contributed by atoms with Gasteiger partial charge in [0.15, 0.2) is 5.76 Å². The second-order valence-electron chi connectivity index (χ2n) is 6.46. The van der Waals surface area contributed by atoms with Crippen molar-refractivity contribution < 1.29 is 4.52 Å². The smallest absolute Gasteiger partial charge is 0.154 e. The van der Waals surface area contributed by atoms with E-state index in [0.29, 0.717) is 6.04 Å². The fourth-order valence-corrected chi connectivity index (χ4v) is 3.48. The molecule has 5 nitrogen and oxygen atoms in total. The van der Waals surface area contributed by atoms with Gasteiger partial charge in [0.2, 0.25) is 0 Å². The first-order valence-electron chi connectivity index (χ1n) is 8.51. The number of nitrogens with zero attached hydrogens (tertiary/aromatic N) is 4. The number of hydrogen-bond donors (Lipinski definition) is 0. The van der Waals surface area contributed by atoms with Crippen LogP contribution in [0, 0.1) is 6.92 Å². The van der Waals surface area contributed by atoms with Crippen LogP contribution in [0.2, 0.25) is 0 Å². The third-order valence-corrected chi connectivity index (χ3v) is 4.68. The van der Waals surface area contributed by atoms with E-state index < -0.39 is 0 Å². The van der Waals surface area contributed by atoms with Crippen LogP contribution in [0.5, 0.6) is 0 Å². The minimum atomic E-state index is 0.313. The van der Waals surface area contributed by atoms with Crippen molar-refractivity contribution in [3.05, 3.63) is 71.6 Å². The Kier molecular flexibility index (Phi) is 4.17. The van der Waals surface area contributed by atoms with Crippen LogP contribution in [0.25, 0.3) is 0 Å². The van der Waals surface area contributed by atoms with Crippen molar-refractivity contribution in [3.63, 3.8) is 0 Å². The third kappa shape index (κ3) is 3.12. The minimum absolute atomic E-state index is 0.313. The summed E-state index contributed by atoms with van der Waals surface area (Å²) in [5.41, 5.74) is 2.24. The molecule has 0 aliphatic carbocycles. The van der Waals surface area contributed by atoms with Gasteiger partial charge < -0.3 is 9.09 Å². The largest absolute Gasteiger partial charge is 0.359 e. The van der Waals surface area contributed by atoms with Crippen molar-refractivity contribution in [2.45, 2.75) is 38.9 Å². The molecule has 1 aliphatic heterocycles. The van der Waals surface area contributed by atoms with Crippen molar-refractivity contribution in [2.24, 2.45) is 0 Å². The number of aryl methyl sites for hydroxylation is 1. The first-order valence-corrected chi connectivity index (χ1v) is 8.51. The monoisotopic (exact) mass is 322 g/mol. The van der Waals surface area contributed by atoms with Crippen LogP contribution in [-0.4, -0.2) is 26.2 Å². The van der Waals surface area contributed by atoms with E-state index in [1.807, 2.05) is 19.2 Å². The summed E-state index contributed by atoms with van der Waals surface area (Å²) in [7, 11) is 0. The highest BCUT2D eigenvalue weighted by Crippen LogP contribution is 2.33. The van der Waals surface area contributed by atoms with E-state index in [-0.39, 0.29) is 0 Å². The summed E-state index contributed by atoms with van der Waals surface area (Å²) in [5.74, 6) is 2.08. The van der Waals surface area contributed by atoms with E-state index in [4.69, 9.17) is 4.52 Å². The van der Waals surface area contributed by atoms with Gasteiger partial charge in [-0.25, -0.2) is 4.98 Å². The molecule has 1 atom stereocenters. The van der Waals surface area contributed by atoms with Gasteiger partial charge in [-0.2, -0.15) is 0 Å². The van der Waals surface area contributed by atoms with Crippen molar-refractivity contribution in [1.82, 2.24) is 19.6 Å². The molecule has 2 aromatic heterocycles. The maximum atomic E-state index is 5.50. The lowest BCUT2D eigenvalue weighted by Gasteiger charge is -2.22. The van der Waals surface area contributed by atoms with Gasteiger partial charge in [-0.3, -0.25) is 4.90 Å². The maximum absolute atomic E-state index is 5.50. The SMILES string of the molecule is Cc1cc(C2CCCN2Cc2nccn2Cc2ccccc2)on1. The molecule has 0 saturated carbocycles. The topological polar surface area (TPSA) is 47.1 Å². The van der Waals surface area contributed by atoms with Crippen molar-refractivity contribution in [1.29, 1.82) is 0 Å². The zero-order chi connectivity index (χ0) is 16.4. The summed E-state index contributed by atoms with van der Waals surface area (Å²) in [4.78, 5) is 7.03. The van der Waals surface area contributed by atoms with Crippen LogP contribution >= 0.6 is 0 Å². The summed E-state index contributed by atoms with van der Waals surface area (Å²) in [6.45, 7) is 4.74. The summed E-state index contributed by atoms with van der Waals surface area (Å²) in [6.07, 6.45) is 6.26. The van der Waals surface area contributed by atoms with E-state index in [0.717, 1.165) is 43.3 Å². The molecule has 24 heavy (non-hydrogen) atoms. The second-order valence-corrected chi connectivity index (χ2v) is 6.46. The zero-order valence-corrected chi connectivity index (χ0v) is 13.9. The number of benzene rings is 1. The fraction of sp³-hybridized carbons (Fsp3) is 0.368. The van der Waals surface area contributed by atoms with E-state index >= 15 is 0 Å². The van der Waals surface area contributed by atoms with Crippen LogP contribution in [0.1, 0.15) is 41.7 Å². The molecule has 0 amide bonds. The molecule has 5 heteroatoms.